The average Bonchev–Trinajstić information content (AvgIpc) is 2.84. The van der Waals surface area contributed by atoms with Gasteiger partial charge in [0.1, 0.15) is 5.75 Å². The summed E-state index contributed by atoms with van der Waals surface area (Å²) in [5, 5.41) is 12.5. The lowest BCUT2D eigenvalue weighted by molar-refractivity contribution is 0.225. The van der Waals surface area contributed by atoms with Gasteiger partial charge in [-0.25, -0.2) is 0 Å². The molecule has 1 aliphatic heterocycles. The van der Waals surface area contributed by atoms with E-state index in [4.69, 9.17) is 9.47 Å². The molecule has 9 heteroatoms. The number of hydrogen-bond donors (Lipinski definition) is 1. The van der Waals surface area contributed by atoms with Gasteiger partial charge in [-0.05, 0) is 56.3 Å². The number of nitrogens with zero attached hydrogens (tertiary/aromatic N) is 3. The monoisotopic (exact) mass is 508 g/mol. The number of methoxy groups -OCH3 is 1. The van der Waals surface area contributed by atoms with Crippen LogP contribution in [0.15, 0.2) is 50.5 Å². The van der Waals surface area contributed by atoms with Crippen LogP contribution in [0.25, 0.3) is 11.3 Å². The molecule has 0 spiro atoms. The number of anilines is 1. The molecule has 27 heavy (non-hydrogen) atoms. The Kier molecular flexibility index (Phi) is 5.25. The van der Waals surface area contributed by atoms with E-state index in [9.17, 15) is 0 Å². The molecule has 1 atom stereocenters. The number of fused-ring (bicyclic) bond motifs is 3. The minimum atomic E-state index is -0.461. The number of thioether (sulfide) groups is 1. The van der Waals surface area contributed by atoms with Crippen molar-refractivity contribution in [1.82, 2.24) is 15.2 Å². The Morgan fingerprint density at radius 1 is 1.15 bits per heavy atom. The molecule has 6 nitrogen and oxygen atoms in total. The molecule has 0 aliphatic carbocycles. The van der Waals surface area contributed by atoms with Crippen molar-refractivity contribution in [2.45, 2.75) is 11.4 Å². The zero-order valence-corrected chi connectivity index (χ0v) is 18.4. The van der Waals surface area contributed by atoms with E-state index in [0.717, 1.165) is 31.5 Å². The second-order valence-corrected chi connectivity index (χ2v) is 8.14. The zero-order valence-electron chi connectivity index (χ0n) is 14.4. The standard InChI is InChI=1S/C18H14Br2N4O2S/c1-25-15-11(19)7-9(8-12(15)20)16-21-13-6-4-3-5-10(13)14-17(26-16)22-18(27-2)24-23-14/h3-8,16,21H,1-2H3. The van der Waals surface area contributed by atoms with Gasteiger partial charge in [-0.2, -0.15) is 4.98 Å². The Morgan fingerprint density at radius 3 is 2.59 bits per heavy atom. The maximum Gasteiger partial charge on any atom is 0.247 e. The molecule has 0 bridgehead atoms. The van der Waals surface area contributed by atoms with Gasteiger partial charge >= 0.3 is 0 Å². The van der Waals surface area contributed by atoms with Crippen LogP contribution in [-0.2, 0) is 0 Å². The van der Waals surface area contributed by atoms with Gasteiger partial charge in [0.25, 0.3) is 0 Å². The third-order valence-corrected chi connectivity index (χ3v) is 5.76. The van der Waals surface area contributed by atoms with E-state index in [1.807, 2.05) is 42.7 Å². The van der Waals surface area contributed by atoms with Gasteiger partial charge < -0.3 is 14.8 Å². The highest BCUT2D eigenvalue weighted by Crippen LogP contribution is 2.42. The first-order valence-electron chi connectivity index (χ1n) is 7.95. The number of nitrogens with one attached hydrogen (secondary N) is 1. The Morgan fingerprint density at radius 2 is 1.89 bits per heavy atom. The van der Waals surface area contributed by atoms with Crippen molar-refractivity contribution in [3.05, 3.63) is 50.9 Å². The van der Waals surface area contributed by atoms with Crippen LogP contribution in [0.5, 0.6) is 11.6 Å². The Labute approximate surface area is 177 Å². The summed E-state index contributed by atoms with van der Waals surface area (Å²) in [4.78, 5) is 4.52. The molecular weight excluding hydrogens is 496 g/mol. The van der Waals surface area contributed by atoms with Crippen molar-refractivity contribution in [1.29, 1.82) is 0 Å². The summed E-state index contributed by atoms with van der Waals surface area (Å²) in [7, 11) is 1.63. The molecule has 2 heterocycles. The second kappa shape index (κ2) is 7.65. The zero-order chi connectivity index (χ0) is 19.0. The lowest BCUT2D eigenvalue weighted by atomic mass is 10.1. The predicted octanol–water partition coefficient (Wildman–Crippen LogP) is 5.30. The first kappa shape index (κ1) is 18.5. The first-order chi connectivity index (χ1) is 13.1. The van der Waals surface area contributed by atoms with Crippen LogP contribution < -0.4 is 14.8 Å². The Bertz CT molecular complexity index is 995. The molecule has 138 valence electrons. The molecule has 1 N–H and O–H groups in total. The van der Waals surface area contributed by atoms with E-state index in [-0.39, 0.29) is 0 Å². The number of ether oxygens (including phenoxy) is 2. The first-order valence-corrected chi connectivity index (χ1v) is 10.8. The number of para-hydroxylation sites is 1. The molecule has 0 saturated carbocycles. The van der Waals surface area contributed by atoms with Crippen molar-refractivity contribution in [3.63, 3.8) is 0 Å². The van der Waals surface area contributed by atoms with Crippen LogP contribution in [0.2, 0.25) is 0 Å². The fraction of sp³-hybridized carbons (Fsp3) is 0.167. The summed E-state index contributed by atoms with van der Waals surface area (Å²) < 4.78 is 13.3. The van der Waals surface area contributed by atoms with Crippen molar-refractivity contribution >= 4 is 49.3 Å². The fourth-order valence-electron chi connectivity index (χ4n) is 2.81. The molecule has 4 rings (SSSR count). The van der Waals surface area contributed by atoms with E-state index in [1.54, 1.807) is 7.11 Å². The minimum absolute atomic E-state index is 0.444. The van der Waals surface area contributed by atoms with Crippen molar-refractivity contribution in [2.24, 2.45) is 0 Å². The van der Waals surface area contributed by atoms with E-state index in [0.29, 0.717) is 16.7 Å². The number of hydrogen-bond acceptors (Lipinski definition) is 7. The van der Waals surface area contributed by atoms with Crippen LogP contribution in [-0.4, -0.2) is 28.5 Å². The van der Waals surface area contributed by atoms with Gasteiger partial charge in [0.15, 0.2) is 11.9 Å². The molecule has 0 saturated heterocycles. The van der Waals surface area contributed by atoms with Crippen LogP contribution in [0.4, 0.5) is 5.69 Å². The quantitative estimate of drug-likeness (QED) is 0.480. The topological polar surface area (TPSA) is 69.2 Å². The number of halogens is 2. The van der Waals surface area contributed by atoms with Crippen molar-refractivity contribution in [2.75, 3.05) is 18.7 Å². The summed E-state index contributed by atoms with van der Waals surface area (Å²) in [5.74, 6) is 1.17. The maximum atomic E-state index is 6.23. The highest BCUT2D eigenvalue weighted by Gasteiger charge is 2.27. The third kappa shape index (κ3) is 3.51. The predicted molar refractivity (Wildman–Crippen MR) is 112 cm³/mol. The van der Waals surface area contributed by atoms with Crippen LogP contribution in [0, 0.1) is 0 Å². The molecular formula is C18H14Br2N4O2S. The van der Waals surface area contributed by atoms with Gasteiger partial charge in [0.2, 0.25) is 11.0 Å². The SMILES string of the molecule is COc1c(Br)cc(C2Nc3ccccc3-c3nnc(SC)nc3O2)cc1Br. The lowest BCUT2D eigenvalue weighted by Crippen LogP contribution is -2.17. The Balaban J connectivity index is 1.85. The molecule has 0 radical (unpaired) electrons. The molecule has 0 fully saturated rings. The number of aromatic nitrogens is 3. The van der Waals surface area contributed by atoms with Gasteiger partial charge in [-0.3, -0.25) is 0 Å². The largest absolute Gasteiger partial charge is 0.494 e. The van der Waals surface area contributed by atoms with Gasteiger partial charge in [0, 0.05) is 16.8 Å². The average molecular weight is 510 g/mol. The minimum Gasteiger partial charge on any atom is -0.494 e. The van der Waals surface area contributed by atoms with E-state index in [1.165, 1.54) is 11.8 Å². The molecule has 1 unspecified atom stereocenters. The molecule has 3 aromatic rings. The van der Waals surface area contributed by atoms with Gasteiger partial charge in [-0.1, -0.05) is 30.0 Å². The maximum absolute atomic E-state index is 6.23. The smallest absolute Gasteiger partial charge is 0.247 e. The van der Waals surface area contributed by atoms with E-state index < -0.39 is 6.23 Å². The number of rotatable bonds is 3. The summed E-state index contributed by atoms with van der Waals surface area (Å²) >= 11 is 8.52. The summed E-state index contributed by atoms with van der Waals surface area (Å²) in [6, 6.07) is 11.8. The molecule has 2 aromatic carbocycles. The molecule has 0 amide bonds. The molecule has 1 aromatic heterocycles. The second-order valence-electron chi connectivity index (χ2n) is 5.66. The summed E-state index contributed by atoms with van der Waals surface area (Å²) in [6.07, 6.45) is 1.44. The number of benzene rings is 2. The highest BCUT2D eigenvalue weighted by molar-refractivity contribution is 9.11. The van der Waals surface area contributed by atoms with Crippen LogP contribution in [0.1, 0.15) is 11.8 Å². The van der Waals surface area contributed by atoms with E-state index in [2.05, 4.69) is 52.4 Å². The van der Waals surface area contributed by atoms with Crippen molar-refractivity contribution in [3.8, 4) is 22.9 Å². The van der Waals surface area contributed by atoms with Crippen molar-refractivity contribution < 1.29 is 9.47 Å². The van der Waals surface area contributed by atoms with Crippen LogP contribution in [0.3, 0.4) is 0 Å². The van der Waals surface area contributed by atoms with E-state index >= 15 is 0 Å². The molecule has 1 aliphatic rings. The third-order valence-electron chi connectivity index (χ3n) is 4.04. The summed E-state index contributed by atoms with van der Waals surface area (Å²) in [6.45, 7) is 0. The fourth-order valence-corrected chi connectivity index (χ4v) is 4.65. The normalized spacial score (nSPS) is 15.0. The lowest BCUT2D eigenvalue weighted by Gasteiger charge is -2.20. The Hall–Kier alpha value is -1.84. The summed E-state index contributed by atoms with van der Waals surface area (Å²) in [5.41, 5.74) is 3.32. The highest BCUT2D eigenvalue weighted by atomic mass is 79.9. The van der Waals surface area contributed by atoms with Crippen LogP contribution >= 0.6 is 43.6 Å². The van der Waals surface area contributed by atoms with Gasteiger partial charge in [-0.15, -0.1) is 10.2 Å². The van der Waals surface area contributed by atoms with Gasteiger partial charge in [0.05, 0.1) is 16.1 Å².